The van der Waals surface area contributed by atoms with Crippen LogP contribution in [-0.2, 0) is 12.7 Å². The molecule has 0 atom stereocenters. The van der Waals surface area contributed by atoms with E-state index in [2.05, 4.69) is 5.32 Å². The van der Waals surface area contributed by atoms with Gasteiger partial charge >= 0.3 is 6.18 Å². The highest BCUT2D eigenvalue weighted by Crippen LogP contribution is 2.29. The molecule has 0 bridgehead atoms. The van der Waals surface area contributed by atoms with E-state index in [1.54, 1.807) is 36.4 Å². The molecule has 0 saturated heterocycles. The first-order valence-corrected chi connectivity index (χ1v) is 8.90. The monoisotopic (exact) mass is 397 g/mol. The molecule has 0 unspecified atom stereocenters. The van der Waals surface area contributed by atoms with Crippen molar-refractivity contribution in [1.82, 2.24) is 5.32 Å². The number of benzene rings is 3. The van der Waals surface area contributed by atoms with Gasteiger partial charge in [0.15, 0.2) is 5.78 Å². The second kappa shape index (κ2) is 8.31. The minimum atomic E-state index is -4.43. The van der Waals surface area contributed by atoms with Gasteiger partial charge in [0.1, 0.15) is 0 Å². The summed E-state index contributed by atoms with van der Waals surface area (Å²) in [6.45, 7) is 1.46. The second-order valence-electron chi connectivity index (χ2n) is 6.60. The van der Waals surface area contributed by atoms with Crippen molar-refractivity contribution in [3.63, 3.8) is 0 Å². The molecule has 0 heterocycles. The van der Waals surface area contributed by atoms with Gasteiger partial charge in [-0.3, -0.25) is 9.59 Å². The number of nitrogens with one attached hydrogen (secondary N) is 1. The average Bonchev–Trinajstić information content (AvgIpc) is 2.72. The Labute approximate surface area is 166 Å². The van der Waals surface area contributed by atoms with Gasteiger partial charge in [-0.1, -0.05) is 42.5 Å². The molecule has 1 N–H and O–H groups in total. The molecule has 0 spiro atoms. The van der Waals surface area contributed by atoms with Crippen molar-refractivity contribution in [2.24, 2.45) is 0 Å². The highest BCUT2D eigenvalue weighted by Gasteiger charge is 2.30. The first-order chi connectivity index (χ1) is 13.7. The van der Waals surface area contributed by atoms with Gasteiger partial charge in [0.05, 0.1) is 5.56 Å². The molecule has 3 nitrogen and oxygen atoms in total. The van der Waals surface area contributed by atoms with Gasteiger partial charge < -0.3 is 5.32 Å². The minimum absolute atomic E-state index is 0.0210. The molecular formula is C23H18F3NO2. The van der Waals surface area contributed by atoms with Crippen LogP contribution in [0.1, 0.15) is 38.8 Å². The average molecular weight is 397 g/mol. The van der Waals surface area contributed by atoms with E-state index in [0.717, 1.165) is 23.3 Å². The molecule has 3 aromatic rings. The molecule has 0 aliphatic carbocycles. The summed E-state index contributed by atoms with van der Waals surface area (Å²) in [5.74, 6) is -0.450. The lowest BCUT2D eigenvalue weighted by atomic mass is 10.00. The normalized spacial score (nSPS) is 11.2. The summed E-state index contributed by atoms with van der Waals surface area (Å²) < 4.78 is 38.4. The van der Waals surface area contributed by atoms with Crippen LogP contribution in [0.3, 0.4) is 0 Å². The lowest BCUT2D eigenvalue weighted by molar-refractivity contribution is -0.137. The molecule has 3 rings (SSSR count). The van der Waals surface area contributed by atoms with Gasteiger partial charge in [0.2, 0.25) is 0 Å². The van der Waals surface area contributed by atoms with Crippen LogP contribution in [0.2, 0.25) is 0 Å². The molecule has 29 heavy (non-hydrogen) atoms. The molecule has 0 aliphatic rings. The Hall–Kier alpha value is -3.41. The van der Waals surface area contributed by atoms with Crippen molar-refractivity contribution >= 4 is 11.7 Å². The molecule has 1 amide bonds. The fourth-order valence-electron chi connectivity index (χ4n) is 2.90. The van der Waals surface area contributed by atoms with Crippen molar-refractivity contribution in [2.75, 3.05) is 0 Å². The number of hydrogen-bond donors (Lipinski definition) is 1. The van der Waals surface area contributed by atoms with Crippen molar-refractivity contribution < 1.29 is 22.8 Å². The van der Waals surface area contributed by atoms with Crippen molar-refractivity contribution in [3.05, 3.63) is 95.1 Å². The van der Waals surface area contributed by atoms with Crippen LogP contribution in [0.4, 0.5) is 13.2 Å². The Kier molecular flexibility index (Phi) is 5.82. The van der Waals surface area contributed by atoms with Crippen LogP contribution in [-0.4, -0.2) is 11.7 Å². The molecule has 0 aliphatic heterocycles. The first kappa shape index (κ1) is 20.3. The molecule has 3 aromatic carbocycles. The SMILES string of the molecule is CC(=O)c1cccc(-c2cccc(C(=O)NCc3cccc(C(F)(F)F)c3)c2)c1. The fourth-order valence-corrected chi connectivity index (χ4v) is 2.90. The van der Waals surface area contributed by atoms with Gasteiger partial charge in [0.25, 0.3) is 5.91 Å². The number of rotatable bonds is 5. The number of hydrogen-bond acceptors (Lipinski definition) is 2. The minimum Gasteiger partial charge on any atom is -0.348 e. The number of carbonyl (C=O) groups is 2. The molecule has 148 valence electrons. The molecule has 6 heteroatoms. The van der Waals surface area contributed by atoms with E-state index in [1.165, 1.54) is 19.1 Å². The Morgan fingerprint density at radius 1 is 0.828 bits per heavy atom. The predicted molar refractivity (Wildman–Crippen MR) is 104 cm³/mol. The van der Waals surface area contributed by atoms with E-state index in [1.807, 2.05) is 12.1 Å². The van der Waals surface area contributed by atoms with Crippen LogP contribution in [0.15, 0.2) is 72.8 Å². The molecule has 0 aromatic heterocycles. The smallest absolute Gasteiger partial charge is 0.348 e. The van der Waals surface area contributed by atoms with E-state index in [0.29, 0.717) is 16.7 Å². The summed E-state index contributed by atoms with van der Waals surface area (Å²) in [7, 11) is 0. The molecule has 0 fully saturated rings. The number of ketones is 1. The molecule has 0 radical (unpaired) electrons. The third kappa shape index (κ3) is 5.10. The molecule has 0 saturated carbocycles. The quantitative estimate of drug-likeness (QED) is 0.578. The van der Waals surface area contributed by atoms with Crippen LogP contribution >= 0.6 is 0 Å². The van der Waals surface area contributed by atoms with Crippen molar-refractivity contribution in [2.45, 2.75) is 19.6 Å². The van der Waals surface area contributed by atoms with Gasteiger partial charge in [-0.05, 0) is 53.9 Å². The van der Waals surface area contributed by atoms with E-state index >= 15 is 0 Å². The maximum Gasteiger partial charge on any atom is 0.416 e. The number of Topliss-reactive ketones (excluding diaryl/α,β-unsaturated/α-hetero) is 1. The Morgan fingerprint density at radius 3 is 2.03 bits per heavy atom. The third-order valence-electron chi connectivity index (χ3n) is 4.43. The Balaban J connectivity index is 1.75. The Bertz CT molecular complexity index is 1060. The zero-order chi connectivity index (χ0) is 21.0. The van der Waals surface area contributed by atoms with E-state index < -0.39 is 17.6 Å². The summed E-state index contributed by atoms with van der Waals surface area (Å²) in [4.78, 5) is 24.0. The molecular weight excluding hydrogens is 379 g/mol. The van der Waals surface area contributed by atoms with Crippen molar-refractivity contribution in [1.29, 1.82) is 0 Å². The highest BCUT2D eigenvalue weighted by atomic mass is 19.4. The van der Waals surface area contributed by atoms with Crippen LogP contribution < -0.4 is 5.32 Å². The summed E-state index contributed by atoms with van der Waals surface area (Å²) in [5, 5.41) is 2.64. The van der Waals surface area contributed by atoms with E-state index in [-0.39, 0.29) is 12.3 Å². The number of carbonyl (C=O) groups excluding carboxylic acids is 2. The number of alkyl halides is 3. The van der Waals surface area contributed by atoms with E-state index in [9.17, 15) is 22.8 Å². The van der Waals surface area contributed by atoms with Gasteiger partial charge in [-0.25, -0.2) is 0 Å². The second-order valence-corrected chi connectivity index (χ2v) is 6.60. The summed E-state index contributed by atoms with van der Waals surface area (Å²) in [6, 6.07) is 18.8. The van der Waals surface area contributed by atoms with Gasteiger partial charge in [-0.2, -0.15) is 13.2 Å². The standard InChI is InChI=1S/C23H18F3NO2/c1-15(28)17-6-3-7-18(12-17)19-8-4-9-20(13-19)22(29)27-14-16-5-2-10-21(11-16)23(24,25)26/h2-13H,14H2,1H3,(H,27,29). The van der Waals surface area contributed by atoms with Crippen molar-refractivity contribution in [3.8, 4) is 11.1 Å². The van der Waals surface area contributed by atoms with Crippen LogP contribution in [0.5, 0.6) is 0 Å². The maximum atomic E-state index is 12.8. The topological polar surface area (TPSA) is 46.2 Å². The number of amides is 1. The Morgan fingerprint density at radius 2 is 1.41 bits per heavy atom. The van der Waals surface area contributed by atoms with Crippen LogP contribution in [0.25, 0.3) is 11.1 Å². The van der Waals surface area contributed by atoms with Crippen LogP contribution in [0, 0.1) is 0 Å². The lowest BCUT2D eigenvalue weighted by Crippen LogP contribution is -2.23. The fraction of sp³-hybridized carbons (Fsp3) is 0.130. The van der Waals surface area contributed by atoms with Gasteiger partial charge in [-0.15, -0.1) is 0 Å². The maximum absolute atomic E-state index is 12.8. The third-order valence-corrected chi connectivity index (χ3v) is 4.43. The zero-order valence-corrected chi connectivity index (χ0v) is 15.6. The van der Waals surface area contributed by atoms with Gasteiger partial charge in [0, 0.05) is 17.7 Å². The lowest BCUT2D eigenvalue weighted by Gasteiger charge is -2.10. The highest BCUT2D eigenvalue weighted by molar-refractivity contribution is 5.97. The summed E-state index contributed by atoms with van der Waals surface area (Å²) in [5.41, 5.74) is 2.12. The van der Waals surface area contributed by atoms with E-state index in [4.69, 9.17) is 0 Å². The largest absolute Gasteiger partial charge is 0.416 e. The predicted octanol–water partition coefficient (Wildman–Crippen LogP) is 5.51. The summed E-state index contributed by atoms with van der Waals surface area (Å²) >= 11 is 0. The zero-order valence-electron chi connectivity index (χ0n) is 15.6. The first-order valence-electron chi connectivity index (χ1n) is 8.90. The summed E-state index contributed by atoms with van der Waals surface area (Å²) in [6.07, 6.45) is -4.43. The number of halogens is 3.